The van der Waals surface area contributed by atoms with E-state index >= 15 is 0 Å². The predicted octanol–water partition coefficient (Wildman–Crippen LogP) is 0.972. The third-order valence-electron chi connectivity index (χ3n) is 0.830. The molecule has 0 aliphatic heterocycles. The van der Waals surface area contributed by atoms with Crippen molar-refractivity contribution in [2.75, 3.05) is 0 Å². The first-order chi connectivity index (χ1) is 4.30. The van der Waals surface area contributed by atoms with E-state index in [1.807, 2.05) is 0 Å². The molecule has 1 unspecified atom stereocenters. The summed E-state index contributed by atoms with van der Waals surface area (Å²) in [6.07, 6.45) is 4.49. The van der Waals surface area contributed by atoms with Gasteiger partial charge in [0.25, 0.3) is 0 Å². The summed E-state index contributed by atoms with van der Waals surface area (Å²) in [7, 11) is 0. The van der Waals surface area contributed by atoms with Gasteiger partial charge >= 0.3 is 0 Å². The van der Waals surface area contributed by atoms with Gasteiger partial charge in [0.15, 0.2) is 11.1 Å². The highest BCUT2D eigenvalue weighted by atomic mass is 32.2. The summed E-state index contributed by atoms with van der Waals surface area (Å²) in [5, 5.41) is 0. The van der Waals surface area contributed by atoms with Crippen LogP contribution in [0.15, 0.2) is 34.6 Å². The van der Waals surface area contributed by atoms with Crippen LogP contribution in [0.2, 0.25) is 0 Å². The third kappa shape index (κ3) is 1.53. The van der Waals surface area contributed by atoms with Crippen molar-refractivity contribution in [2.45, 2.75) is 0 Å². The molecular weight excluding hydrogens is 136 g/mol. The molecule has 0 aromatic rings. The summed E-state index contributed by atoms with van der Waals surface area (Å²) in [5.41, 5.74) is 5.18. The quantitative estimate of drug-likeness (QED) is 0.435. The van der Waals surface area contributed by atoms with Crippen LogP contribution in [0, 0.1) is 0 Å². The van der Waals surface area contributed by atoms with E-state index in [0.717, 1.165) is 0 Å². The average molecular weight is 140 g/mol. The fourth-order valence-electron chi connectivity index (χ4n) is 0.441. The van der Waals surface area contributed by atoms with Crippen LogP contribution in [0.3, 0.4) is 0 Å². The molecule has 0 aromatic carbocycles. The van der Waals surface area contributed by atoms with Crippen LogP contribution >= 0.6 is 0 Å². The van der Waals surface area contributed by atoms with Crippen LogP contribution in [-0.4, -0.2) is 8.76 Å². The minimum absolute atomic E-state index is 0.355. The minimum Gasteiger partial charge on any atom is -0.302 e. The Morgan fingerprint density at radius 2 is 2.33 bits per heavy atom. The number of hydrogen-bond donors (Lipinski definition) is 1. The zero-order chi connectivity index (χ0) is 6.69. The molecule has 1 aliphatic rings. The first kappa shape index (κ1) is 6.27. The van der Waals surface area contributed by atoms with Gasteiger partial charge in [0.05, 0.1) is 4.91 Å². The summed E-state index contributed by atoms with van der Waals surface area (Å²) in [4.78, 5) is 0.355. The highest BCUT2D eigenvalue weighted by molar-refractivity contribution is 7.83. The Hall–Kier alpha value is -0.850. The van der Waals surface area contributed by atoms with Gasteiger partial charge in [0.2, 0.25) is 0 Å². The summed E-state index contributed by atoms with van der Waals surface area (Å²) < 4.78 is 18.7. The Balaban J connectivity index is 2.93. The van der Waals surface area contributed by atoms with Crippen LogP contribution in [0.1, 0.15) is 0 Å². The topological polar surface area (TPSA) is 37.3 Å². The number of rotatable bonds is 1. The largest absolute Gasteiger partial charge is 0.302 e. The summed E-state index contributed by atoms with van der Waals surface area (Å²) >= 11 is -1.88. The number of allylic oxidation sites excluding steroid dienone is 3. The Kier molecular flexibility index (Phi) is 1.83. The normalized spacial score (nSPS) is 17.7. The van der Waals surface area contributed by atoms with Gasteiger partial charge in [-0.3, -0.25) is 0 Å². The van der Waals surface area contributed by atoms with Crippen molar-refractivity contribution < 1.29 is 8.76 Å². The lowest BCUT2D eigenvalue weighted by Crippen LogP contribution is -1.88. The SMILES string of the molecule is O=S(O)C1=CC=C=C=C1. The Bertz CT molecular complexity index is 263. The Morgan fingerprint density at radius 1 is 1.56 bits per heavy atom. The molecule has 0 heterocycles. The van der Waals surface area contributed by atoms with Gasteiger partial charge in [-0.1, -0.05) is 11.5 Å². The van der Waals surface area contributed by atoms with E-state index in [1.165, 1.54) is 12.2 Å². The van der Waals surface area contributed by atoms with Crippen molar-refractivity contribution in [3.63, 3.8) is 0 Å². The third-order valence-corrected chi connectivity index (χ3v) is 1.49. The highest BCUT2D eigenvalue weighted by Gasteiger charge is 1.97. The molecule has 1 aliphatic carbocycles. The lowest BCUT2D eigenvalue weighted by molar-refractivity contribution is 0.572. The van der Waals surface area contributed by atoms with E-state index in [-0.39, 0.29) is 0 Å². The van der Waals surface area contributed by atoms with Gasteiger partial charge in [-0.05, 0) is 12.2 Å². The molecule has 0 bridgehead atoms. The smallest absolute Gasteiger partial charge is 0.187 e. The molecule has 1 N–H and O–H groups in total. The van der Waals surface area contributed by atoms with E-state index < -0.39 is 11.1 Å². The monoisotopic (exact) mass is 140 g/mol. The second-order valence-corrected chi connectivity index (χ2v) is 2.39. The molecule has 3 heteroatoms. The number of hydrogen-bond acceptors (Lipinski definition) is 1. The maximum absolute atomic E-state index is 10.3. The average Bonchev–Trinajstić information content (AvgIpc) is 1.90. The fraction of sp³-hybridized carbons (Fsp3) is 0. The van der Waals surface area contributed by atoms with E-state index in [0.29, 0.717) is 4.91 Å². The summed E-state index contributed by atoms with van der Waals surface area (Å²) in [6, 6.07) is 0. The van der Waals surface area contributed by atoms with Crippen molar-refractivity contribution in [3.8, 4) is 0 Å². The molecule has 0 saturated heterocycles. The standard InChI is InChI=1S/C6H4O2S/c7-9(8)6-4-2-1-3-5-6/h2,4-5H,(H,7,8). The maximum Gasteiger partial charge on any atom is 0.187 e. The van der Waals surface area contributed by atoms with E-state index in [9.17, 15) is 4.21 Å². The summed E-state index contributed by atoms with van der Waals surface area (Å²) in [5.74, 6) is 0. The van der Waals surface area contributed by atoms with Gasteiger partial charge < -0.3 is 4.55 Å². The van der Waals surface area contributed by atoms with Gasteiger partial charge in [-0.25, -0.2) is 4.21 Å². The van der Waals surface area contributed by atoms with Crippen molar-refractivity contribution in [2.24, 2.45) is 0 Å². The van der Waals surface area contributed by atoms with Crippen LogP contribution in [0.5, 0.6) is 0 Å². The van der Waals surface area contributed by atoms with Gasteiger partial charge in [-0.15, -0.1) is 0 Å². The summed E-state index contributed by atoms with van der Waals surface area (Å²) in [6.45, 7) is 0. The second-order valence-electron chi connectivity index (χ2n) is 1.42. The van der Waals surface area contributed by atoms with Crippen molar-refractivity contribution in [1.29, 1.82) is 0 Å². The maximum atomic E-state index is 10.3. The lowest BCUT2D eigenvalue weighted by Gasteiger charge is -1.90. The van der Waals surface area contributed by atoms with E-state index in [1.54, 1.807) is 6.08 Å². The van der Waals surface area contributed by atoms with E-state index in [4.69, 9.17) is 4.55 Å². The molecule has 9 heavy (non-hydrogen) atoms. The first-order valence-electron chi connectivity index (χ1n) is 2.29. The van der Waals surface area contributed by atoms with Crippen LogP contribution in [0.4, 0.5) is 0 Å². The molecule has 0 radical (unpaired) electrons. The lowest BCUT2D eigenvalue weighted by atomic mass is 10.4. The molecule has 1 atom stereocenters. The Morgan fingerprint density at radius 3 is 2.67 bits per heavy atom. The van der Waals surface area contributed by atoms with Gasteiger partial charge in [0, 0.05) is 6.08 Å². The highest BCUT2D eigenvalue weighted by Crippen LogP contribution is 2.02. The van der Waals surface area contributed by atoms with Crippen molar-refractivity contribution in [3.05, 3.63) is 34.6 Å². The molecule has 2 nitrogen and oxygen atoms in total. The molecule has 0 aromatic heterocycles. The first-order valence-corrected chi connectivity index (χ1v) is 3.40. The molecule has 46 valence electrons. The van der Waals surface area contributed by atoms with Crippen LogP contribution in [0.25, 0.3) is 0 Å². The predicted molar refractivity (Wildman–Crippen MR) is 35.0 cm³/mol. The molecule has 0 amide bonds. The van der Waals surface area contributed by atoms with Crippen molar-refractivity contribution in [1.82, 2.24) is 0 Å². The molecule has 0 spiro atoms. The minimum atomic E-state index is -1.88. The van der Waals surface area contributed by atoms with E-state index in [2.05, 4.69) is 11.5 Å². The van der Waals surface area contributed by atoms with Gasteiger partial charge in [-0.2, -0.15) is 0 Å². The zero-order valence-corrected chi connectivity index (χ0v) is 5.31. The molecule has 0 saturated carbocycles. The zero-order valence-electron chi connectivity index (χ0n) is 4.50. The Labute approximate surface area is 55.2 Å². The second kappa shape index (κ2) is 2.62. The van der Waals surface area contributed by atoms with Crippen LogP contribution in [-0.2, 0) is 11.1 Å². The van der Waals surface area contributed by atoms with Gasteiger partial charge in [0.1, 0.15) is 0 Å². The van der Waals surface area contributed by atoms with Crippen LogP contribution < -0.4 is 0 Å². The molecular formula is C6H4O2S. The molecule has 1 rings (SSSR count). The molecule has 0 fully saturated rings. The van der Waals surface area contributed by atoms with Crippen molar-refractivity contribution >= 4 is 11.1 Å². The fourth-order valence-corrected chi connectivity index (χ4v) is 0.786.